The van der Waals surface area contributed by atoms with E-state index >= 15 is 0 Å². The summed E-state index contributed by atoms with van der Waals surface area (Å²) in [7, 11) is 1.69. The van der Waals surface area contributed by atoms with Crippen LogP contribution in [0.15, 0.2) is 36.5 Å². The summed E-state index contributed by atoms with van der Waals surface area (Å²) in [4.78, 5) is 29.9. The van der Waals surface area contributed by atoms with E-state index in [1.165, 1.54) is 4.90 Å². The Labute approximate surface area is 134 Å². The molecule has 1 atom stereocenters. The number of hydrogen-bond acceptors (Lipinski definition) is 4. The van der Waals surface area contributed by atoms with Gasteiger partial charge in [0.25, 0.3) is 11.8 Å². The topological polar surface area (TPSA) is 71.5 Å². The Balaban J connectivity index is 1.87. The Hall–Kier alpha value is -2.89. The highest BCUT2D eigenvalue weighted by Crippen LogP contribution is 2.35. The largest absolute Gasteiger partial charge is 0.479 e. The fourth-order valence-electron chi connectivity index (χ4n) is 2.50. The van der Waals surface area contributed by atoms with E-state index in [2.05, 4.69) is 10.3 Å². The Morgan fingerprint density at radius 1 is 1.35 bits per heavy atom. The van der Waals surface area contributed by atoms with E-state index in [9.17, 15) is 9.59 Å². The number of anilines is 2. The van der Waals surface area contributed by atoms with Crippen LogP contribution in [0.2, 0.25) is 0 Å². The van der Waals surface area contributed by atoms with E-state index in [1.54, 1.807) is 44.4 Å². The maximum absolute atomic E-state index is 12.3. The lowest BCUT2D eigenvalue weighted by molar-refractivity contribution is -0.125. The van der Waals surface area contributed by atoms with Crippen LogP contribution in [0, 0.1) is 6.92 Å². The number of carbonyl (C=O) groups is 2. The quantitative estimate of drug-likeness (QED) is 0.924. The molecule has 0 saturated carbocycles. The van der Waals surface area contributed by atoms with Crippen molar-refractivity contribution in [2.45, 2.75) is 20.0 Å². The van der Waals surface area contributed by atoms with Crippen LogP contribution in [0.1, 0.15) is 23.0 Å². The SMILES string of the molecule is Cc1cccnc1C(=O)Nc1ccc2c(c1)N(C)C(=O)C(C)O2. The molecule has 0 aliphatic carbocycles. The number of aromatic nitrogens is 1. The second kappa shape index (κ2) is 5.72. The van der Waals surface area contributed by atoms with Crippen LogP contribution in [0.4, 0.5) is 11.4 Å². The van der Waals surface area contributed by atoms with Gasteiger partial charge in [-0.05, 0) is 43.7 Å². The molecule has 0 fully saturated rings. The molecule has 0 radical (unpaired) electrons. The fraction of sp³-hybridized carbons (Fsp3) is 0.235. The average Bonchev–Trinajstić information content (AvgIpc) is 2.54. The van der Waals surface area contributed by atoms with Crippen molar-refractivity contribution in [3.63, 3.8) is 0 Å². The van der Waals surface area contributed by atoms with Gasteiger partial charge in [-0.15, -0.1) is 0 Å². The number of nitrogens with zero attached hydrogens (tertiary/aromatic N) is 2. The normalized spacial score (nSPS) is 16.6. The van der Waals surface area contributed by atoms with Gasteiger partial charge in [-0.3, -0.25) is 14.6 Å². The number of aryl methyl sites for hydroxylation is 1. The van der Waals surface area contributed by atoms with E-state index in [-0.39, 0.29) is 11.8 Å². The first-order chi connectivity index (χ1) is 11.0. The van der Waals surface area contributed by atoms with Crippen LogP contribution in [-0.2, 0) is 4.79 Å². The molecule has 0 saturated heterocycles. The predicted molar refractivity (Wildman–Crippen MR) is 86.9 cm³/mol. The van der Waals surface area contributed by atoms with Crippen LogP contribution in [-0.4, -0.2) is 29.9 Å². The van der Waals surface area contributed by atoms with Gasteiger partial charge in [0.15, 0.2) is 6.10 Å². The van der Waals surface area contributed by atoms with Gasteiger partial charge in [-0.1, -0.05) is 6.07 Å². The maximum atomic E-state index is 12.3. The Kier molecular flexibility index (Phi) is 3.73. The van der Waals surface area contributed by atoms with Crippen LogP contribution in [0.25, 0.3) is 0 Å². The smallest absolute Gasteiger partial charge is 0.274 e. The number of rotatable bonds is 2. The lowest BCUT2D eigenvalue weighted by Gasteiger charge is -2.30. The molecule has 1 aromatic carbocycles. The predicted octanol–water partition coefficient (Wildman–Crippen LogP) is 2.39. The molecule has 1 N–H and O–H groups in total. The molecule has 2 amide bonds. The van der Waals surface area contributed by atoms with Crippen LogP contribution in [0.5, 0.6) is 5.75 Å². The van der Waals surface area contributed by atoms with E-state index in [1.807, 2.05) is 13.0 Å². The molecule has 2 aromatic rings. The first-order valence-electron chi connectivity index (χ1n) is 7.28. The molecule has 118 valence electrons. The average molecular weight is 311 g/mol. The van der Waals surface area contributed by atoms with Gasteiger partial charge in [0.05, 0.1) is 5.69 Å². The molecule has 1 unspecified atom stereocenters. The highest BCUT2D eigenvalue weighted by molar-refractivity contribution is 6.05. The minimum atomic E-state index is -0.510. The molecule has 6 nitrogen and oxygen atoms in total. The molecule has 0 bridgehead atoms. The summed E-state index contributed by atoms with van der Waals surface area (Å²) in [6.07, 6.45) is 1.07. The monoisotopic (exact) mass is 311 g/mol. The first-order valence-corrected chi connectivity index (χ1v) is 7.28. The molecule has 1 aliphatic heterocycles. The van der Waals surface area contributed by atoms with E-state index in [0.29, 0.717) is 22.8 Å². The first kappa shape index (κ1) is 15.0. The third-order valence-electron chi connectivity index (χ3n) is 3.78. The van der Waals surface area contributed by atoms with Crippen molar-refractivity contribution in [1.29, 1.82) is 0 Å². The molecular weight excluding hydrogens is 294 g/mol. The number of carbonyl (C=O) groups excluding carboxylic acids is 2. The van der Waals surface area contributed by atoms with Crippen molar-refractivity contribution in [2.24, 2.45) is 0 Å². The van der Waals surface area contributed by atoms with Crippen LogP contribution in [0.3, 0.4) is 0 Å². The van der Waals surface area contributed by atoms with E-state index in [0.717, 1.165) is 5.56 Å². The summed E-state index contributed by atoms with van der Waals surface area (Å²) in [6, 6.07) is 8.82. The summed E-state index contributed by atoms with van der Waals surface area (Å²) in [5.74, 6) is 0.204. The minimum absolute atomic E-state index is 0.124. The molecule has 0 spiro atoms. The van der Waals surface area contributed by atoms with Gasteiger partial charge in [-0.2, -0.15) is 0 Å². The molecule has 2 heterocycles. The van der Waals surface area contributed by atoms with Gasteiger partial charge >= 0.3 is 0 Å². The van der Waals surface area contributed by atoms with Crippen molar-refractivity contribution in [2.75, 3.05) is 17.3 Å². The maximum Gasteiger partial charge on any atom is 0.274 e. The lowest BCUT2D eigenvalue weighted by Crippen LogP contribution is -2.41. The van der Waals surface area contributed by atoms with Crippen molar-refractivity contribution in [3.8, 4) is 5.75 Å². The minimum Gasteiger partial charge on any atom is -0.479 e. The van der Waals surface area contributed by atoms with Gasteiger partial charge in [0.1, 0.15) is 11.4 Å². The number of benzene rings is 1. The zero-order valence-corrected chi connectivity index (χ0v) is 13.2. The standard InChI is InChI=1S/C17H17N3O3/c1-10-5-4-8-18-15(10)16(21)19-12-6-7-14-13(9-12)20(3)17(22)11(2)23-14/h4-9,11H,1-3H3,(H,19,21). The van der Waals surface area contributed by atoms with Crippen molar-refractivity contribution < 1.29 is 14.3 Å². The highest BCUT2D eigenvalue weighted by atomic mass is 16.5. The van der Waals surface area contributed by atoms with Crippen molar-refractivity contribution in [3.05, 3.63) is 47.8 Å². The van der Waals surface area contributed by atoms with Gasteiger partial charge in [0, 0.05) is 18.9 Å². The molecule has 1 aromatic heterocycles. The number of amides is 2. The summed E-state index contributed by atoms with van der Waals surface area (Å²) in [5, 5.41) is 2.80. The summed E-state index contributed by atoms with van der Waals surface area (Å²) < 4.78 is 5.56. The number of likely N-dealkylation sites (N-methyl/N-ethyl adjacent to an activating group) is 1. The zero-order chi connectivity index (χ0) is 16.6. The highest BCUT2D eigenvalue weighted by Gasteiger charge is 2.29. The molecule has 1 aliphatic rings. The third-order valence-corrected chi connectivity index (χ3v) is 3.78. The summed E-state index contributed by atoms with van der Waals surface area (Å²) in [5.41, 5.74) is 2.38. The van der Waals surface area contributed by atoms with Crippen molar-refractivity contribution in [1.82, 2.24) is 4.98 Å². The molecular formula is C17H17N3O3. The molecule has 23 heavy (non-hydrogen) atoms. The number of pyridine rings is 1. The van der Waals surface area contributed by atoms with Crippen LogP contribution >= 0.6 is 0 Å². The van der Waals surface area contributed by atoms with E-state index in [4.69, 9.17) is 4.74 Å². The molecule has 3 rings (SSSR count). The zero-order valence-electron chi connectivity index (χ0n) is 13.2. The Bertz CT molecular complexity index is 788. The number of nitrogens with one attached hydrogen (secondary N) is 1. The Morgan fingerprint density at radius 3 is 2.87 bits per heavy atom. The number of ether oxygens (including phenoxy) is 1. The van der Waals surface area contributed by atoms with Gasteiger partial charge in [0.2, 0.25) is 0 Å². The number of fused-ring (bicyclic) bond motifs is 1. The van der Waals surface area contributed by atoms with Gasteiger partial charge < -0.3 is 15.0 Å². The lowest BCUT2D eigenvalue weighted by atomic mass is 10.1. The second-order valence-electron chi connectivity index (χ2n) is 5.46. The summed E-state index contributed by atoms with van der Waals surface area (Å²) in [6.45, 7) is 3.54. The van der Waals surface area contributed by atoms with Gasteiger partial charge in [-0.25, -0.2) is 0 Å². The third kappa shape index (κ3) is 2.75. The van der Waals surface area contributed by atoms with Crippen LogP contribution < -0.4 is 15.0 Å². The second-order valence-corrected chi connectivity index (χ2v) is 5.46. The van der Waals surface area contributed by atoms with E-state index < -0.39 is 6.10 Å². The fourth-order valence-corrected chi connectivity index (χ4v) is 2.50. The van der Waals surface area contributed by atoms with Crippen molar-refractivity contribution >= 4 is 23.2 Å². The summed E-state index contributed by atoms with van der Waals surface area (Å²) >= 11 is 0. The molecule has 6 heteroatoms. The Morgan fingerprint density at radius 2 is 2.13 bits per heavy atom. The number of hydrogen-bond donors (Lipinski definition) is 1.